The maximum absolute atomic E-state index is 11.9. The number of aromatic hydroxyl groups is 1. The van der Waals surface area contributed by atoms with Crippen LogP contribution in [-0.2, 0) is 33.1 Å². The molecule has 4 rings (SSSR count). The molecule has 0 spiro atoms. The summed E-state index contributed by atoms with van der Waals surface area (Å²) in [6.07, 6.45) is 17.1. The molecule has 2 N–H and O–H groups in total. The van der Waals surface area contributed by atoms with E-state index in [1.807, 2.05) is 36.4 Å². The van der Waals surface area contributed by atoms with Crippen LogP contribution < -0.4 is 14.6 Å². The Morgan fingerprint density at radius 1 is 0.566 bits per heavy atom. The molecule has 53 heavy (non-hydrogen) atoms. The number of phenolic OH excluding ortho intramolecular Hbond substituents is 1. The molecule has 0 saturated heterocycles. The fraction of sp³-hybridized carbons (Fsp3) is 0.400. The van der Waals surface area contributed by atoms with Gasteiger partial charge in [-0.2, -0.15) is 8.42 Å². The van der Waals surface area contributed by atoms with Crippen LogP contribution in [0, 0.1) is 0 Å². The van der Waals surface area contributed by atoms with E-state index in [0.29, 0.717) is 11.5 Å². The predicted octanol–water partition coefficient (Wildman–Crippen LogP) is 9.31. The molecule has 13 heteroatoms. The van der Waals surface area contributed by atoms with Gasteiger partial charge in [0, 0.05) is 6.07 Å². The molecule has 0 radical (unpaired) electrons. The quantitative estimate of drug-likeness (QED) is 0.0499. The van der Waals surface area contributed by atoms with Crippen molar-refractivity contribution >= 4 is 58.0 Å². The molecule has 0 unspecified atom stereocenters. The van der Waals surface area contributed by atoms with Crippen LogP contribution in [0.1, 0.15) is 102 Å². The van der Waals surface area contributed by atoms with Crippen molar-refractivity contribution < 1.29 is 45.6 Å². The second-order valence-corrected chi connectivity index (χ2v) is 15.5. The van der Waals surface area contributed by atoms with E-state index in [0.717, 1.165) is 37.5 Å². The fourth-order valence-electron chi connectivity index (χ4n) is 5.39. The number of aryl methyl sites for hydroxylation is 2. The molecule has 0 bridgehead atoms. The van der Waals surface area contributed by atoms with Crippen molar-refractivity contribution in [2.75, 3.05) is 0 Å². The van der Waals surface area contributed by atoms with Crippen LogP contribution >= 0.6 is 0 Å². The number of hydrogen-bond acceptors (Lipinski definition) is 9. The summed E-state index contributed by atoms with van der Waals surface area (Å²) < 4.78 is 74.9. The van der Waals surface area contributed by atoms with Crippen LogP contribution in [0.5, 0.6) is 34.5 Å². The maximum Gasteiger partial charge on any atom is 2.00 e. The van der Waals surface area contributed by atoms with Crippen LogP contribution in [0.4, 0.5) is 0 Å². The molecule has 4 aromatic rings. The van der Waals surface area contributed by atoms with Gasteiger partial charge in [-0.1, -0.05) is 108 Å². The van der Waals surface area contributed by atoms with Gasteiger partial charge in [0.2, 0.25) is 0 Å². The molecular formula is C40H50CaO10S2. The first-order valence-corrected chi connectivity index (χ1v) is 20.8. The van der Waals surface area contributed by atoms with Gasteiger partial charge in [0.1, 0.15) is 27.4 Å². The Hall–Kier alpha value is -2.84. The minimum absolute atomic E-state index is 0. The molecular weight excluding hydrogens is 745 g/mol. The zero-order valence-corrected chi connectivity index (χ0v) is 34.5. The van der Waals surface area contributed by atoms with Gasteiger partial charge >= 0.3 is 37.7 Å². The third-order valence-corrected chi connectivity index (χ3v) is 10.1. The molecule has 0 aromatic heterocycles. The van der Waals surface area contributed by atoms with E-state index in [1.165, 1.54) is 100.0 Å². The summed E-state index contributed by atoms with van der Waals surface area (Å²) in [5, 5.41) is 21.8. The number of hydrogen-bond donors (Lipinski definition) is 2. The summed E-state index contributed by atoms with van der Waals surface area (Å²) >= 11 is 0. The zero-order valence-electron chi connectivity index (χ0n) is 30.7. The molecule has 0 aliphatic carbocycles. The number of rotatable bonds is 20. The van der Waals surface area contributed by atoms with Gasteiger partial charge in [-0.25, -0.2) is 8.42 Å². The van der Waals surface area contributed by atoms with Crippen LogP contribution in [0.3, 0.4) is 0 Å². The van der Waals surface area contributed by atoms with Crippen molar-refractivity contribution in [3.05, 3.63) is 96.1 Å². The van der Waals surface area contributed by atoms with E-state index >= 15 is 0 Å². The first-order valence-electron chi connectivity index (χ1n) is 17.9. The number of unbranched alkanes of at least 4 members (excludes halogenated alkanes) is 10. The summed E-state index contributed by atoms with van der Waals surface area (Å²) in [5.41, 5.74) is 2.45. The Morgan fingerprint density at radius 2 is 0.981 bits per heavy atom. The SMILES string of the molecule is CCCCCCCCc1ccc(Oc2ccc(S(=O)(=O)O)cc2O)cc1.CCCCCCCCc1ccc(Oc2ccc(S(=O)(=O)[O-])cc2[O-])cc1.[Ca+2]. The summed E-state index contributed by atoms with van der Waals surface area (Å²) in [4.78, 5) is -0.930. The van der Waals surface area contributed by atoms with Crippen LogP contribution in [0.15, 0.2) is 94.7 Å². The molecule has 0 atom stereocenters. The van der Waals surface area contributed by atoms with Gasteiger partial charge < -0.3 is 24.2 Å². The van der Waals surface area contributed by atoms with Gasteiger partial charge in [-0.15, -0.1) is 0 Å². The van der Waals surface area contributed by atoms with Crippen LogP contribution in [-0.4, -0.2) is 68.8 Å². The Balaban J connectivity index is 0.000000360. The van der Waals surface area contributed by atoms with Gasteiger partial charge in [0.15, 0.2) is 11.5 Å². The molecule has 0 saturated carbocycles. The summed E-state index contributed by atoms with van der Waals surface area (Å²) in [6.45, 7) is 4.42. The third-order valence-electron chi connectivity index (χ3n) is 8.37. The minimum Gasteiger partial charge on any atom is -0.870 e. The van der Waals surface area contributed by atoms with Crippen molar-refractivity contribution in [3.8, 4) is 34.5 Å². The van der Waals surface area contributed by atoms with Crippen molar-refractivity contribution in [1.29, 1.82) is 0 Å². The molecule has 10 nitrogen and oxygen atoms in total. The van der Waals surface area contributed by atoms with E-state index in [4.69, 9.17) is 14.0 Å². The normalized spacial score (nSPS) is 11.2. The molecule has 0 aliphatic rings. The summed E-state index contributed by atoms with van der Waals surface area (Å²) in [6, 6.07) is 21.6. The van der Waals surface area contributed by atoms with E-state index in [2.05, 4.69) is 13.8 Å². The van der Waals surface area contributed by atoms with Crippen LogP contribution in [0.2, 0.25) is 0 Å². The number of benzene rings is 4. The molecule has 0 heterocycles. The number of phenols is 1. The van der Waals surface area contributed by atoms with Gasteiger partial charge in [-0.05, 0) is 91.4 Å². The van der Waals surface area contributed by atoms with E-state index < -0.39 is 30.9 Å². The van der Waals surface area contributed by atoms with Crippen molar-refractivity contribution in [2.45, 2.75) is 114 Å². The molecule has 0 fully saturated rings. The fourth-order valence-corrected chi connectivity index (χ4v) is 6.38. The Labute approximate surface area is 345 Å². The standard InChI is InChI=1S/2C20H26O5S.Ca/c2*1-2-3-4-5-6-7-8-16-9-11-17(12-10-16)25-20-14-13-18(15-19(20)21)26(22,23)24;/h2*9-15,21H,2-8H2,1H3,(H,22,23,24);/q;;+2/p-2. The third kappa shape index (κ3) is 17.4. The monoisotopic (exact) mass is 794 g/mol. The first kappa shape index (κ1) is 46.3. The maximum atomic E-state index is 11.9. The van der Waals surface area contributed by atoms with Gasteiger partial charge in [0.05, 0.1) is 9.79 Å². The second kappa shape index (κ2) is 23.8. The largest absolute Gasteiger partial charge is 2.00 e. The first-order chi connectivity index (χ1) is 24.8. The Morgan fingerprint density at radius 3 is 1.40 bits per heavy atom. The van der Waals surface area contributed by atoms with Crippen molar-refractivity contribution in [1.82, 2.24) is 0 Å². The Kier molecular flexibility index (Phi) is 20.8. The summed E-state index contributed by atoms with van der Waals surface area (Å²) in [7, 11) is -9.00. The van der Waals surface area contributed by atoms with Gasteiger partial charge in [0.25, 0.3) is 10.1 Å². The molecule has 284 valence electrons. The molecule has 0 aliphatic heterocycles. The van der Waals surface area contributed by atoms with E-state index in [-0.39, 0.29) is 59.9 Å². The topological polar surface area (TPSA) is 173 Å². The Bertz CT molecular complexity index is 1740. The average Bonchev–Trinajstić information content (AvgIpc) is 3.10. The van der Waals surface area contributed by atoms with Crippen molar-refractivity contribution in [2.24, 2.45) is 0 Å². The smallest absolute Gasteiger partial charge is 0.870 e. The minimum atomic E-state index is -4.64. The molecule has 0 amide bonds. The molecule has 4 aromatic carbocycles. The average molecular weight is 795 g/mol. The summed E-state index contributed by atoms with van der Waals surface area (Å²) in [5.74, 6) is 0.162. The second-order valence-electron chi connectivity index (χ2n) is 12.7. The van der Waals surface area contributed by atoms with E-state index in [1.54, 1.807) is 12.1 Å². The zero-order chi connectivity index (χ0) is 38.0. The van der Waals surface area contributed by atoms with Gasteiger partial charge in [-0.3, -0.25) is 4.55 Å². The van der Waals surface area contributed by atoms with E-state index in [9.17, 15) is 31.6 Å². The van der Waals surface area contributed by atoms with Crippen LogP contribution in [0.25, 0.3) is 0 Å². The number of ether oxygens (including phenoxy) is 2. The predicted molar refractivity (Wildman–Crippen MR) is 205 cm³/mol. The van der Waals surface area contributed by atoms with Crippen molar-refractivity contribution in [3.63, 3.8) is 0 Å².